The molecule has 1 atom stereocenters. The van der Waals surface area contributed by atoms with Gasteiger partial charge in [0.2, 0.25) is 0 Å². The second-order valence-corrected chi connectivity index (χ2v) is 5.86. The minimum absolute atomic E-state index is 0.0894. The molecule has 0 saturated carbocycles. The molecule has 3 rings (SSSR count). The highest BCUT2D eigenvalue weighted by atomic mass is 16.5. The van der Waals surface area contributed by atoms with Crippen molar-refractivity contribution >= 4 is 5.69 Å². The molecule has 0 aliphatic carbocycles. The average molecular weight is 327 g/mol. The van der Waals surface area contributed by atoms with Crippen LogP contribution in [0.4, 0.5) is 5.69 Å². The predicted molar refractivity (Wildman–Crippen MR) is 104 cm³/mol. The fraction of sp³-hybridized carbons (Fsp3) is 0.130. The van der Waals surface area contributed by atoms with Crippen molar-refractivity contribution in [2.75, 3.05) is 12.4 Å². The molecule has 0 aliphatic heterocycles. The number of rotatable bonds is 4. The molecule has 124 valence electrons. The third kappa shape index (κ3) is 4.65. The van der Waals surface area contributed by atoms with Crippen molar-refractivity contribution in [1.29, 1.82) is 0 Å². The fourth-order valence-corrected chi connectivity index (χ4v) is 2.58. The lowest BCUT2D eigenvalue weighted by Crippen LogP contribution is -2.09. The summed E-state index contributed by atoms with van der Waals surface area (Å²) in [6, 6.07) is 26.3. The Bertz CT molecular complexity index is 873. The van der Waals surface area contributed by atoms with E-state index in [4.69, 9.17) is 4.74 Å². The number of methoxy groups -OCH3 is 1. The number of aryl methyl sites for hydroxylation is 1. The molecule has 0 saturated heterocycles. The van der Waals surface area contributed by atoms with Gasteiger partial charge in [-0.1, -0.05) is 59.9 Å². The van der Waals surface area contributed by atoms with E-state index >= 15 is 0 Å². The summed E-state index contributed by atoms with van der Waals surface area (Å²) in [5.41, 5.74) is 4.39. The van der Waals surface area contributed by atoms with Crippen molar-refractivity contribution in [1.82, 2.24) is 0 Å². The van der Waals surface area contributed by atoms with Gasteiger partial charge >= 0.3 is 0 Å². The van der Waals surface area contributed by atoms with Gasteiger partial charge in [-0.25, -0.2) is 0 Å². The summed E-state index contributed by atoms with van der Waals surface area (Å²) in [4.78, 5) is 0. The third-order valence-corrected chi connectivity index (χ3v) is 3.91. The number of nitrogens with one attached hydrogen (secondary N) is 1. The van der Waals surface area contributed by atoms with Crippen LogP contribution in [0, 0.1) is 18.8 Å². The Morgan fingerprint density at radius 3 is 2.32 bits per heavy atom. The molecule has 0 unspecified atom stereocenters. The first-order chi connectivity index (χ1) is 12.2. The van der Waals surface area contributed by atoms with Gasteiger partial charge in [0.25, 0.3) is 0 Å². The minimum Gasteiger partial charge on any atom is -0.497 e. The van der Waals surface area contributed by atoms with Crippen LogP contribution in [0.15, 0.2) is 78.9 Å². The topological polar surface area (TPSA) is 21.3 Å². The van der Waals surface area contributed by atoms with Crippen molar-refractivity contribution in [3.63, 3.8) is 0 Å². The number of benzene rings is 3. The van der Waals surface area contributed by atoms with Crippen LogP contribution >= 0.6 is 0 Å². The first-order valence-corrected chi connectivity index (χ1v) is 8.28. The van der Waals surface area contributed by atoms with Gasteiger partial charge in [0.05, 0.1) is 7.11 Å². The first kappa shape index (κ1) is 16.7. The molecule has 0 aliphatic rings. The van der Waals surface area contributed by atoms with Crippen LogP contribution in [0.3, 0.4) is 0 Å². The minimum atomic E-state index is -0.0894. The lowest BCUT2D eigenvalue weighted by Gasteiger charge is -2.16. The van der Waals surface area contributed by atoms with E-state index in [0.717, 1.165) is 22.6 Å². The zero-order valence-corrected chi connectivity index (χ0v) is 14.5. The maximum atomic E-state index is 5.22. The van der Waals surface area contributed by atoms with Gasteiger partial charge in [-0.3, -0.25) is 0 Å². The Labute approximate surface area is 149 Å². The lowest BCUT2D eigenvalue weighted by atomic mass is 10.0. The molecule has 25 heavy (non-hydrogen) atoms. The quantitative estimate of drug-likeness (QED) is 0.664. The zero-order valence-electron chi connectivity index (χ0n) is 14.5. The van der Waals surface area contributed by atoms with Crippen LogP contribution in [0.25, 0.3) is 0 Å². The molecule has 3 aromatic rings. The number of ether oxygens (including phenoxy) is 1. The average Bonchev–Trinajstić information content (AvgIpc) is 2.66. The van der Waals surface area contributed by atoms with Gasteiger partial charge in [-0.05, 0) is 48.9 Å². The largest absolute Gasteiger partial charge is 0.497 e. The van der Waals surface area contributed by atoms with Crippen molar-refractivity contribution in [2.24, 2.45) is 0 Å². The Hall–Kier alpha value is -3.18. The third-order valence-electron chi connectivity index (χ3n) is 3.91. The van der Waals surface area contributed by atoms with E-state index in [1.54, 1.807) is 7.11 Å². The first-order valence-electron chi connectivity index (χ1n) is 8.28. The van der Waals surface area contributed by atoms with E-state index in [1.807, 2.05) is 54.6 Å². The molecule has 0 amide bonds. The summed E-state index contributed by atoms with van der Waals surface area (Å²) < 4.78 is 5.22. The number of anilines is 1. The van der Waals surface area contributed by atoms with Crippen LogP contribution in [0.2, 0.25) is 0 Å². The molecule has 0 fully saturated rings. The summed E-state index contributed by atoms with van der Waals surface area (Å²) in [7, 11) is 1.67. The van der Waals surface area contributed by atoms with Crippen molar-refractivity contribution in [3.05, 3.63) is 95.6 Å². The summed E-state index contributed by atoms with van der Waals surface area (Å²) in [5.74, 6) is 7.47. The summed E-state index contributed by atoms with van der Waals surface area (Å²) in [5, 5.41) is 3.51. The molecule has 1 N–H and O–H groups in total. The van der Waals surface area contributed by atoms with E-state index in [2.05, 4.69) is 48.3 Å². The lowest BCUT2D eigenvalue weighted by molar-refractivity contribution is 0.415. The van der Waals surface area contributed by atoms with E-state index in [9.17, 15) is 0 Å². The second kappa shape index (κ2) is 8.08. The van der Waals surface area contributed by atoms with Gasteiger partial charge in [-0.15, -0.1) is 0 Å². The molecule has 0 bridgehead atoms. The van der Waals surface area contributed by atoms with E-state index in [1.165, 1.54) is 5.56 Å². The number of hydrogen-bond donors (Lipinski definition) is 1. The van der Waals surface area contributed by atoms with Crippen LogP contribution in [-0.2, 0) is 0 Å². The summed E-state index contributed by atoms with van der Waals surface area (Å²) >= 11 is 0. The number of hydrogen-bond acceptors (Lipinski definition) is 2. The molecule has 3 aromatic carbocycles. The molecule has 0 spiro atoms. The second-order valence-electron chi connectivity index (χ2n) is 5.86. The van der Waals surface area contributed by atoms with Gasteiger partial charge in [-0.2, -0.15) is 0 Å². The van der Waals surface area contributed by atoms with Gasteiger partial charge in [0.15, 0.2) is 0 Å². The smallest absolute Gasteiger partial charge is 0.119 e. The molecule has 2 nitrogen and oxygen atoms in total. The van der Waals surface area contributed by atoms with Crippen LogP contribution in [0.5, 0.6) is 5.75 Å². The monoisotopic (exact) mass is 327 g/mol. The molecule has 2 heteroatoms. The molecular formula is C23H21NO. The van der Waals surface area contributed by atoms with Crippen LogP contribution in [0.1, 0.15) is 22.7 Å². The van der Waals surface area contributed by atoms with Crippen LogP contribution < -0.4 is 10.1 Å². The zero-order chi connectivity index (χ0) is 17.5. The Balaban J connectivity index is 1.90. The van der Waals surface area contributed by atoms with Crippen LogP contribution in [-0.4, -0.2) is 7.11 Å². The standard InChI is InChI=1S/C23H21NO/c1-18-7-6-10-20(17-18)23(16-11-19-8-4-3-5-9-19)24-21-12-14-22(25-2)15-13-21/h3-10,12-15,17,23-24H,1-2H3/t23-/m0/s1. The SMILES string of the molecule is COc1ccc(N[C@@H](C#Cc2ccccc2)c2cccc(C)c2)cc1. The van der Waals surface area contributed by atoms with E-state index in [0.29, 0.717) is 0 Å². The maximum Gasteiger partial charge on any atom is 0.119 e. The van der Waals surface area contributed by atoms with E-state index < -0.39 is 0 Å². The van der Waals surface area contributed by atoms with E-state index in [-0.39, 0.29) is 6.04 Å². The Morgan fingerprint density at radius 2 is 1.64 bits per heavy atom. The van der Waals surface area contributed by atoms with Gasteiger partial charge in [0, 0.05) is 11.3 Å². The molecule has 0 heterocycles. The molecule has 0 aromatic heterocycles. The molecular weight excluding hydrogens is 306 g/mol. The summed E-state index contributed by atoms with van der Waals surface area (Å²) in [6.45, 7) is 2.10. The highest BCUT2D eigenvalue weighted by Gasteiger charge is 2.09. The van der Waals surface area contributed by atoms with Crippen molar-refractivity contribution < 1.29 is 4.74 Å². The normalized spacial score (nSPS) is 11.1. The van der Waals surface area contributed by atoms with Gasteiger partial charge < -0.3 is 10.1 Å². The fourth-order valence-electron chi connectivity index (χ4n) is 2.58. The Kier molecular flexibility index (Phi) is 5.39. The highest BCUT2D eigenvalue weighted by Crippen LogP contribution is 2.22. The highest BCUT2D eigenvalue weighted by molar-refractivity contribution is 5.51. The van der Waals surface area contributed by atoms with Crippen molar-refractivity contribution in [3.8, 4) is 17.6 Å². The van der Waals surface area contributed by atoms with Crippen molar-refractivity contribution in [2.45, 2.75) is 13.0 Å². The van der Waals surface area contributed by atoms with Gasteiger partial charge in [0.1, 0.15) is 11.8 Å². The Morgan fingerprint density at radius 1 is 0.880 bits per heavy atom. The molecule has 0 radical (unpaired) electrons. The summed E-state index contributed by atoms with van der Waals surface area (Å²) in [6.07, 6.45) is 0. The maximum absolute atomic E-state index is 5.22. The predicted octanol–water partition coefficient (Wildman–Crippen LogP) is 5.21.